The molecule has 2 fully saturated rings. The molecule has 0 aliphatic carbocycles. The third-order valence-electron chi connectivity index (χ3n) is 6.92. The molecule has 2 aliphatic rings. The van der Waals surface area contributed by atoms with Crippen LogP contribution in [0.4, 0.5) is 18.9 Å². The second kappa shape index (κ2) is 12.6. The summed E-state index contributed by atoms with van der Waals surface area (Å²) in [6.45, 7) is -0.181. The topological polar surface area (TPSA) is 130 Å². The minimum Gasteiger partial charge on any atom is -0.392 e. The molecule has 3 heterocycles. The van der Waals surface area contributed by atoms with E-state index in [1.807, 2.05) is 24.3 Å². The van der Waals surface area contributed by atoms with E-state index < -0.39 is 30.3 Å². The summed E-state index contributed by atoms with van der Waals surface area (Å²) in [6, 6.07) is 13.0. The number of alkyl halides is 3. The number of aliphatic hydroxyl groups is 1. The first kappa shape index (κ1) is 29.0. The second-order valence-electron chi connectivity index (χ2n) is 9.72. The van der Waals surface area contributed by atoms with E-state index in [1.54, 1.807) is 24.3 Å². The number of nitrogens with one attached hydrogen (secondary N) is 2. The second-order valence-corrected chi connectivity index (χ2v) is 10.7. The Kier molecular flexibility index (Phi) is 8.92. The van der Waals surface area contributed by atoms with Crippen molar-refractivity contribution in [1.29, 1.82) is 0 Å². The van der Waals surface area contributed by atoms with Gasteiger partial charge in [-0.25, -0.2) is 4.98 Å². The van der Waals surface area contributed by atoms with E-state index in [0.29, 0.717) is 39.9 Å². The van der Waals surface area contributed by atoms with Crippen molar-refractivity contribution >= 4 is 29.3 Å². The summed E-state index contributed by atoms with van der Waals surface area (Å²) in [6.07, 6.45) is -3.77. The Labute approximate surface area is 237 Å². The number of carbonyl (C=O) groups is 2. The third kappa shape index (κ3) is 7.07. The predicted octanol–water partition coefficient (Wildman–Crippen LogP) is 4.13. The quantitative estimate of drug-likeness (QED) is 0.334. The zero-order valence-electron chi connectivity index (χ0n) is 21.7. The number of aromatic amines is 1. The van der Waals surface area contributed by atoms with Gasteiger partial charge in [0.15, 0.2) is 11.4 Å². The molecule has 41 heavy (non-hydrogen) atoms. The third-order valence-corrected chi connectivity index (χ3v) is 7.93. The van der Waals surface area contributed by atoms with E-state index in [9.17, 15) is 27.9 Å². The number of hydrogen-bond acceptors (Lipinski definition) is 8. The van der Waals surface area contributed by atoms with Crippen molar-refractivity contribution in [2.24, 2.45) is 0 Å². The predicted molar refractivity (Wildman–Crippen MR) is 141 cm³/mol. The lowest BCUT2D eigenvalue weighted by Gasteiger charge is -2.36. The zero-order valence-corrected chi connectivity index (χ0v) is 22.5. The standard InChI is InChI=1S/C27H28F3N5O5S/c28-27(29,30)25(38)35-11-1-2-21(35)23(37)33-19-9-7-18(8-10-19)24-39-20(14-41-26-31-15-32-34-26)12-22(40-24)17-5-3-16(13-36)4-6-17/h3-10,15,20-22,24,36H,1-2,11-14H2,(H,33,37)(H,31,32,34). The molecule has 2 saturated heterocycles. The number of anilines is 1. The van der Waals surface area contributed by atoms with Crippen LogP contribution in [0.3, 0.4) is 0 Å². The number of ether oxygens (including phenoxy) is 2. The molecule has 4 atom stereocenters. The van der Waals surface area contributed by atoms with Crippen LogP contribution in [0.2, 0.25) is 0 Å². The minimum atomic E-state index is -5.03. The molecule has 4 unspecified atom stereocenters. The van der Waals surface area contributed by atoms with Crippen LogP contribution in [0.5, 0.6) is 0 Å². The van der Waals surface area contributed by atoms with Crippen LogP contribution in [-0.2, 0) is 25.7 Å². The van der Waals surface area contributed by atoms with Gasteiger partial charge in [0.1, 0.15) is 12.4 Å². The number of amides is 2. The number of nitrogens with zero attached hydrogens (tertiary/aromatic N) is 3. The van der Waals surface area contributed by atoms with Crippen molar-refractivity contribution < 1.29 is 37.3 Å². The average Bonchev–Trinajstić information content (AvgIpc) is 3.68. The van der Waals surface area contributed by atoms with Gasteiger partial charge in [-0.3, -0.25) is 14.7 Å². The van der Waals surface area contributed by atoms with E-state index in [-0.39, 0.29) is 31.8 Å². The van der Waals surface area contributed by atoms with Crippen LogP contribution in [-0.4, -0.2) is 67.6 Å². The number of carbonyl (C=O) groups excluding carboxylic acids is 2. The summed E-state index contributed by atoms with van der Waals surface area (Å²) < 4.78 is 51.4. The number of rotatable bonds is 8. The molecule has 1 aromatic heterocycles. The molecule has 2 amide bonds. The van der Waals surface area contributed by atoms with Gasteiger partial charge < -0.3 is 24.8 Å². The van der Waals surface area contributed by atoms with Crippen molar-refractivity contribution in [3.8, 4) is 0 Å². The van der Waals surface area contributed by atoms with Gasteiger partial charge in [-0.15, -0.1) is 0 Å². The first-order valence-electron chi connectivity index (χ1n) is 13.0. The van der Waals surface area contributed by atoms with Crippen molar-refractivity contribution in [1.82, 2.24) is 20.1 Å². The lowest BCUT2D eigenvalue weighted by Crippen LogP contribution is -2.48. The monoisotopic (exact) mass is 591 g/mol. The summed E-state index contributed by atoms with van der Waals surface area (Å²) in [7, 11) is 0. The van der Waals surface area contributed by atoms with E-state index in [4.69, 9.17) is 9.47 Å². The van der Waals surface area contributed by atoms with Crippen molar-refractivity contribution in [3.05, 3.63) is 71.5 Å². The summed E-state index contributed by atoms with van der Waals surface area (Å²) in [4.78, 5) is 29.2. The van der Waals surface area contributed by atoms with Crippen LogP contribution in [0, 0.1) is 0 Å². The van der Waals surface area contributed by atoms with Gasteiger partial charge in [0.05, 0.1) is 18.8 Å². The Balaban J connectivity index is 1.27. The van der Waals surface area contributed by atoms with Crippen LogP contribution in [0.15, 0.2) is 60.0 Å². The van der Waals surface area contributed by atoms with Crippen LogP contribution in [0.25, 0.3) is 0 Å². The smallest absolute Gasteiger partial charge is 0.392 e. The highest BCUT2D eigenvalue weighted by atomic mass is 32.2. The van der Waals surface area contributed by atoms with Crippen molar-refractivity contribution in [2.45, 2.75) is 61.7 Å². The van der Waals surface area contributed by atoms with Gasteiger partial charge in [-0.1, -0.05) is 48.2 Å². The number of H-pyrrole nitrogens is 1. The first-order valence-corrected chi connectivity index (χ1v) is 14.0. The fourth-order valence-electron chi connectivity index (χ4n) is 4.85. The van der Waals surface area contributed by atoms with Gasteiger partial charge in [-0.05, 0) is 36.1 Å². The molecule has 14 heteroatoms. The molecular formula is C27H28F3N5O5S. The Morgan fingerprint density at radius 1 is 1.10 bits per heavy atom. The Hall–Kier alpha value is -3.46. The van der Waals surface area contributed by atoms with Crippen LogP contribution < -0.4 is 5.32 Å². The van der Waals surface area contributed by atoms with E-state index in [0.717, 1.165) is 11.1 Å². The lowest BCUT2D eigenvalue weighted by molar-refractivity contribution is -0.245. The number of aliphatic hydroxyl groups excluding tert-OH is 1. The summed E-state index contributed by atoms with van der Waals surface area (Å²) in [5.74, 6) is -2.09. The molecule has 10 nitrogen and oxygen atoms in total. The molecule has 3 aromatic rings. The van der Waals surface area contributed by atoms with Gasteiger partial charge >= 0.3 is 12.1 Å². The van der Waals surface area contributed by atoms with Crippen LogP contribution in [0.1, 0.15) is 48.3 Å². The highest BCUT2D eigenvalue weighted by molar-refractivity contribution is 7.99. The fourth-order valence-corrected chi connectivity index (χ4v) is 5.65. The molecule has 2 aliphatic heterocycles. The number of likely N-dealkylation sites (tertiary alicyclic amines) is 1. The van der Waals surface area contributed by atoms with E-state index >= 15 is 0 Å². The van der Waals surface area contributed by atoms with Gasteiger partial charge in [-0.2, -0.15) is 18.3 Å². The largest absolute Gasteiger partial charge is 0.471 e. The first-order chi connectivity index (χ1) is 19.7. The summed E-state index contributed by atoms with van der Waals surface area (Å²) >= 11 is 1.47. The molecule has 2 aromatic carbocycles. The minimum absolute atomic E-state index is 0.0612. The molecule has 218 valence electrons. The summed E-state index contributed by atoms with van der Waals surface area (Å²) in [5.41, 5.74) is 2.78. The Morgan fingerprint density at radius 3 is 2.49 bits per heavy atom. The number of thioether (sulfide) groups is 1. The van der Waals surface area contributed by atoms with Crippen LogP contribution >= 0.6 is 11.8 Å². The maximum Gasteiger partial charge on any atom is 0.471 e. The number of hydrogen-bond donors (Lipinski definition) is 3. The molecule has 3 N–H and O–H groups in total. The van der Waals surface area contributed by atoms with Crippen molar-refractivity contribution in [2.75, 3.05) is 17.6 Å². The molecule has 0 saturated carbocycles. The highest BCUT2D eigenvalue weighted by Gasteiger charge is 2.47. The normalized spacial score (nSPS) is 23.0. The summed E-state index contributed by atoms with van der Waals surface area (Å²) in [5, 5.41) is 19.3. The number of halogens is 3. The van der Waals surface area contributed by atoms with Gasteiger partial charge in [0.2, 0.25) is 5.91 Å². The fraction of sp³-hybridized carbons (Fsp3) is 0.407. The zero-order chi connectivity index (χ0) is 29.0. The van der Waals surface area contributed by atoms with Crippen molar-refractivity contribution in [3.63, 3.8) is 0 Å². The molecule has 0 bridgehead atoms. The van der Waals surface area contributed by atoms with E-state index in [2.05, 4.69) is 20.5 Å². The molecular weight excluding hydrogens is 563 g/mol. The maximum atomic E-state index is 12.9. The molecule has 5 rings (SSSR count). The maximum absolute atomic E-state index is 12.9. The highest BCUT2D eigenvalue weighted by Crippen LogP contribution is 2.39. The average molecular weight is 592 g/mol. The Bertz CT molecular complexity index is 1320. The molecule has 0 spiro atoms. The SMILES string of the molecule is O=C(Nc1ccc(C2OC(CSc3ncn[nH]3)CC(c3ccc(CO)cc3)O2)cc1)C1CCCN1C(=O)C(F)(F)F. The van der Waals surface area contributed by atoms with Gasteiger partial charge in [0.25, 0.3) is 0 Å². The lowest BCUT2D eigenvalue weighted by atomic mass is 10.0. The Morgan fingerprint density at radius 2 is 1.83 bits per heavy atom. The molecule has 0 radical (unpaired) electrons. The van der Waals surface area contributed by atoms with Gasteiger partial charge in [0, 0.05) is 30.0 Å². The number of aromatic nitrogens is 3. The number of benzene rings is 2. The van der Waals surface area contributed by atoms with E-state index in [1.165, 1.54) is 18.1 Å².